The van der Waals surface area contributed by atoms with Crippen LogP contribution in [-0.4, -0.2) is 25.6 Å². The van der Waals surface area contributed by atoms with Crippen LogP contribution in [0.5, 0.6) is 5.75 Å². The quantitative estimate of drug-likeness (QED) is 0.756. The molecule has 2 N–H and O–H groups in total. The zero-order valence-electron chi connectivity index (χ0n) is 11.6. The van der Waals surface area contributed by atoms with Crippen molar-refractivity contribution in [1.82, 2.24) is 10.6 Å². The third-order valence-corrected chi connectivity index (χ3v) is 2.92. The molecule has 0 aliphatic rings. The lowest BCUT2D eigenvalue weighted by Gasteiger charge is -2.17. The van der Waals surface area contributed by atoms with Crippen LogP contribution < -0.4 is 15.4 Å². The smallest absolute Gasteiger partial charge is 0.260 e. The molecule has 0 spiro atoms. The van der Waals surface area contributed by atoms with Crippen molar-refractivity contribution in [3.63, 3.8) is 0 Å². The molecule has 1 aromatic carbocycles. The molecule has 19 heavy (non-hydrogen) atoms. The van der Waals surface area contributed by atoms with Crippen molar-refractivity contribution in [1.29, 1.82) is 0 Å². The van der Waals surface area contributed by atoms with Crippen molar-refractivity contribution in [2.45, 2.75) is 32.9 Å². The molecule has 0 aliphatic carbocycles. The fourth-order valence-electron chi connectivity index (χ4n) is 1.65. The third kappa shape index (κ3) is 5.09. The fourth-order valence-corrected chi connectivity index (χ4v) is 1.84. The maximum atomic E-state index is 11.5. The standard InChI is InChI=1S/C14H21ClN2O2/c1-4-7-17-9-11-8-12(15)5-6-13(11)19-10(2)14(18)16-3/h5-6,8,10,17H,4,7,9H2,1-3H3,(H,16,18). The van der Waals surface area contributed by atoms with Crippen molar-refractivity contribution < 1.29 is 9.53 Å². The zero-order valence-corrected chi connectivity index (χ0v) is 12.4. The summed E-state index contributed by atoms with van der Waals surface area (Å²) in [6, 6.07) is 5.41. The first kappa shape index (κ1) is 15.8. The van der Waals surface area contributed by atoms with Gasteiger partial charge >= 0.3 is 0 Å². The van der Waals surface area contributed by atoms with Gasteiger partial charge in [0, 0.05) is 24.2 Å². The van der Waals surface area contributed by atoms with Gasteiger partial charge in [-0.3, -0.25) is 4.79 Å². The van der Waals surface area contributed by atoms with Gasteiger partial charge in [-0.2, -0.15) is 0 Å². The average Bonchev–Trinajstić information content (AvgIpc) is 2.40. The zero-order chi connectivity index (χ0) is 14.3. The maximum absolute atomic E-state index is 11.5. The normalized spacial score (nSPS) is 12.0. The van der Waals surface area contributed by atoms with Gasteiger partial charge in [-0.15, -0.1) is 0 Å². The van der Waals surface area contributed by atoms with Crippen LogP contribution >= 0.6 is 11.6 Å². The Morgan fingerprint density at radius 1 is 1.47 bits per heavy atom. The third-order valence-electron chi connectivity index (χ3n) is 2.68. The van der Waals surface area contributed by atoms with Crippen molar-refractivity contribution in [3.8, 4) is 5.75 Å². The summed E-state index contributed by atoms with van der Waals surface area (Å²) in [5.74, 6) is 0.534. The van der Waals surface area contributed by atoms with E-state index in [4.69, 9.17) is 16.3 Å². The largest absolute Gasteiger partial charge is 0.481 e. The Hall–Kier alpha value is -1.26. The number of halogens is 1. The van der Waals surface area contributed by atoms with E-state index in [0.29, 0.717) is 17.3 Å². The van der Waals surface area contributed by atoms with Gasteiger partial charge in [-0.1, -0.05) is 18.5 Å². The number of carbonyl (C=O) groups excluding carboxylic acids is 1. The number of nitrogens with one attached hydrogen (secondary N) is 2. The average molecular weight is 285 g/mol. The highest BCUT2D eigenvalue weighted by atomic mass is 35.5. The first-order valence-corrected chi connectivity index (χ1v) is 6.83. The number of benzene rings is 1. The van der Waals surface area contributed by atoms with Gasteiger partial charge in [-0.05, 0) is 38.1 Å². The van der Waals surface area contributed by atoms with E-state index in [1.165, 1.54) is 0 Å². The minimum Gasteiger partial charge on any atom is -0.481 e. The molecule has 1 unspecified atom stereocenters. The molecule has 1 atom stereocenters. The molecule has 0 radical (unpaired) electrons. The molecule has 0 saturated carbocycles. The molecule has 0 fully saturated rings. The SMILES string of the molecule is CCCNCc1cc(Cl)ccc1OC(C)C(=O)NC. The van der Waals surface area contributed by atoms with E-state index in [2.05, 4.69) is 17.6 Å². The van der Waals surface area contributed by atoms with Crippen LogP contribution in [-0.2, 0) is 11.3 Å². The molecule has 1 rings (SSSR count). The number of amides is 1. The van der Waals surface area contributed by atoms with Crippen LogP contribution in [0.15, 0.2) is 18.2 Å². The van der Waals surface area contributed by atoms with E-state index in [-0.39, 0.29) is 5.91 Å². The predicted molar refractivity (Wildman–Crippen MR) is 77.6 cm³/mol. The van der Waals surface area contributed by atoms with Crippen molar-refractivity contribution in [2.75, 3.05) is 13.6 Å². The van der Waals surface area contributed by atoms with E-state index in [1.54, 1.807) is 26.1 Å². The number of likely N-dealkylation sites (N-methyl/N-ethyl adjacent to an activating group) is 1. The number of rotatable bonds is 7. The molecule has 0 heterocycles. The molecule has 4 nitrogen and oxygen atoms in total. The van der Waals surface area contributed by atoms with Crippen LogP contribution in [0, 0.1) is 0 Å². The van der Waals surface area contributed by atoms with Crippen LogP contribution in [0.2, 0.25) is 5.02 Å². The molecular formula is C14H21ClN2O2. The Morgan fingerprint density at radius 3 is 2.84 bits per heavy atom. The molecule has 1 amide bonds. The summed E-state index contributed by atoms with van der Waals surface area (Å²) in [6.07, 6.45) is 0.530. The van der Waals surface area contributed by atoms with E-state index in [1.807, 2.05) is 6.07 Å². The van der Waals surface area contributed by atoms with Crippen LogP contribution in [0.3, 0.4) is 0 Å². The molecular weight excluding hydrogens is 264 g/mol. The second-order valence-corrected chi connectivity index (χ2v) is 4.74. The van der Waals surface area contributed by atoms with Gasteiger partial charge in [0.05, 0.1) is 0 Å². The lowest BCUT2D eigenvalue weighted by atomic mass is 10.2. The monoisotopic (exact) mass is 284 g/mol. The van der Waals surface area contributed by atoms with Crippen molar-refractivity contribution in [2.24, 2.45) is 0 Å². The van der Waals surface area contributed by atoms with Gasteiger partial charge in [-0.25, -0.2) is 0 Å². The molecule has 0 aromatic heterocycles. The summed E-state index contributed by atoms with van der Waals surface area (Å²) in [5, 5.41) is 6.52. The molecule has 106 valence electrons. The summed E-state index contributed by atoms with van der Waals surface area (Å²) < 4.78 is 5.67. The van der Waals surface area contributed by atoms with E-state index in [9.17, 15) is 4.79 Å². The predicted octanol–water partition coefficient (Wildman–Crippen LogP) is 2.35. The minimum absolute atomic E-state index is 0.151. The summed E-state index contributed by atoms with van der Waals surface area (Å²) in [7, 11) is 1.59. The number of hydrogen-bond donors (Lipinski definition) is 2. The Bertz CT molecular complexity index is 424. The molecule has 1 aromatic rings. The highest BCUT2D eigenvalue weighted by molar-refractivity contribution is 6.30. The number of ether oxygens (including phenoxy) is 1. The highest BCUT2D eigenvalue weighted by Gasteiger charge is 2.14. The van der Waals surface area contributed by atoms with Crippen molar-refractivity contribution in [3.05, 3.63) is 28.8 Å². The summed E-state index contributed by atoms with van der Waals surface area (Å²) in [4.78, 5) is 11.5. The molecule has 0 bridgehead atoms. The van der Waals surface area contributed by atoms with E-state index < -0.39 is 6.10 Å². The Balaban J connectivity index is 2.78. The Kier molecular flexibility index (Phi) is 6.67. The van der Waals surface area contributed by atoms with Crippen molar-refractivity contribution >= 4 is 17.5 Å². The Morgan fingerprint density at radius 2 is 2.21 bits per heavy atom. The van der Waals surface area contributed by atoms with Crippen LogP contribution in [0.4, 0.5) is 0 Å². The van der Waals surface area contributed by atoms with E-state index in [0.717, 1.165) is 18.5 Å². The first-order chi connectivity index (χ1) is 9.08. The summed E-state index contributed by atoms with van der Waals surface area (Å²) in [5.41, 5.74) is 0.955. The van der Waals surface area contributed by atoms with Crippen LogP contribution in [0.1, 0.15) is 25.8 Å². The molecule has 5 heteroatoms. The first-order valence-electron chi connectivity index (χ1n) is 6.45. The number of carbonyl (C=O) groups is 1. The fraction of sp³-hybridized carbons (Fsp3) is 0.500. The van der Waals surface area contributed by atoms with Crippen LogP contribution in [0.25, 0.3) is 0 Å². The summed E-state index contributed by atoms with van der Waals surface area (Å²) in [6.45, 7) is 5.42. The van der Waals surface area contributed by atoms with Gasteiger partial charge in [0.25, 0.3) is 5.91 Å². The topological polar surface area (TPSA) is 50.4 Å². The second kappa shape index (κ2) is 8.02. The van der Waals surface area contributed by atoms with Gasteiger partial charge < -0.3 is 15.4 Å². The molecule has 0 saturated heterocycles. The second-order valence-electron chi connectivity index (χ2n) is 4.30. The van der Waals surface area contributed by atoms with Gasteiger partial charge in [0.1, 0.15) is 5.75 Å². The minimum atomic E-state index is -0.531. The maximum Gasteiger partial charge on any atom is 0.260 e. The Labute approximate surface area is 119 Å². The lowest BCUT2D eigenvalue weighted by Crippen LogP contribution is -2.34. The van der Waals surface area contributed by atoms with Gasteiger partial charge in [0.15, 0.2) is 6.10 Å². The lowest BCUT2D eigenvalue weighted by molar-refractivity contribution is -0.126. The molecule has 0 aliphatic heterocycles. The summed E-state index contributed by atoms with van der Waals surface area (Å²) >= 11 is 5.99. The highest BCUT2D eigenvalue weighted by Crippen LogP contribution is 2.24. The van der Waals surface area contributed by atoms with Gasteiger partial charge in [0.2, 0.25) is 0 Å². The number of hydrogen-bond acceptors (Lipinski definition) is 3. The van der Waals surface area contributed by atoms with E-state index >= 15 is 0 Å².